The number of hydrogen-bond acceptors (Lipinski definition) is 5. The van der Waals surface area contributed by atoms with Crippen molar-refractivity contribution < 1.29 is 48.0 Å². The molecule has 0 aliphatic heterocycles. The number of carbonyl (C=O) groups is 1. The van der Waals surface area contributed by atoms with Crippen molar-refractivity contribution in [3.8, 4) is 0 Å². The molecule has 1 aliphatic carbocycles. The monoisotopic (exact) mass is 475 g/mol. The number of rotatable bonds is 6. The van der Waals surface area contributed by atoms with Crippen LogP contribution in [0.3, 0.4) is 0 Å². The predicted octanol–water partition coefficient (Wildman–Crippen LogP) is 3.29. The average Bonchev–Trinajstić information content (AvgIpc) is 2.54. The van der Waals surface area contributed by atoms with Gasteiger partial charge in [0.15, 0.2) is 4.58 Å². The maximum atomic E-state index is 13.1. The van der Waals surface area contributed by atoms with Crippen LogP contribution in [0.4, 0.5) is 26.3 Å². The van der Waals surface area contributed by atoms with Gasteiger partial charge < -0.3 is 5.32 Å². The molecule has 1 fully saturated rings. The number of carbonyl (C=O) groups excluding carboxylic acids is 1. The lowest BCUT2D eigenvalue weighted by Crippen LogP contribution is -2.56. The zero-order chi connectivity index (χ0) is 23.1. The fourth-order valence-corrected chi connectivity index (χ4v) is 7.17. The molecule has 0 radical (unpaired) electrons. The number of hydrogen-bond donors (Lipinski definition) is 1. The Hall–Kier alpha value is -1.05. The molecule has 0 aromatic heterocycles. The molecule has 6 nitrogen and oxygen atoms in total. The van der Waals surface area contributed by atoms with E-state index in [1.54, 1.807) is 6.92 Å². The third-order valence-electron chi connectivity index (χ3n) is 5.24. The molecular formula is C15H23F6NO5S2. The summed E-state index contributed by atoms with van der Waals surface area (Å²) in [5, 5.41) is 2.29. The van der Waals surface area contributed by atoms with Crippen molar-refractivity contribution in [2.45, 2.75) is 74.5 Å². The van der Waals surface area contributed by atoms with Gasteiger partial charge in [0.25, 0.3) is 19.7 Å². The highest BCUT2D eigenvalue weighted by Crippen LogP contribution is 2.43. The van der Waals surface area contributed by atoms with Crippen molar-refractivity contribution in [2.75, 3.05) is 0 Å². The van der Waals surface area contributed by atoms with E-state index >= 15 is 0 Å². The number of alkyl halides is 6. The summed E-state index contributed by atoms with van der Waals surface area (Å²) in [7, 11) is -13.5. The van der Waals surface area contributed by atoms with Crippen LogP contribution in [0.25, 0.3) is 0 Å². The number of amides is 1. The van der Waals surface area contributed by atoms with Gasteiger partial charge in [0.1, 0.15) is 0 Å². The van der Waals surface area contributed by atoms with E-state index in [1.807, 2.05) is 0 Å². The minimum atomic E-state index is -6.75. The number of sulfone groups is 2. The number of nitrogens with one attached hydrogen (secondary N) is 1. The molecule has 29 heavy (non-hydrogen) atoms. The smallest absolute Gasteiger partial charge is 0.353 e. The van der Waals surface area contributed by atoms with E-state index in [0.29, 0.717) is 0 Å². The Morgan fingerprint density at radius 1 is 0.931 bits per heavy atom. The van der Waals surface area contributed by atoms with Crippen molar-refractivity contribution in [1.82, 2.24) is 5.32 Å². The minimum Gasteiger partial charge on any atom is -0.353 e. The van der Waals surface area contributed by atoms with Gasteiger partial charge >= 0.3 is 11.0 Å². The summed E-state index contributed by atoms with van der Waals surface area (Å²) in [6.45, 7) is 4.59. The Balaban J connectivity index is 3.55. The first-order valence-corrected chi connectivity index (χ1v) is 11.8. The third-order valence-corrected chi connectivity index (χ3v) is 9.97. The zero-order valence-corrected chi connectivity index (χ0v) is 17.5. The van der Waals surface area contributed by atoms with E-state index < -0.39 is 65.0 Å². The summed E-state index contributed by atoms with van der Waals surface area (Å²) < 4.78 is 122. The first kappa shape index (κ1) is 26.0. The van der Waals surface area contributed by atoms with Crippen LogP contribution in [0.15, 0.2) is 0 Å². The molecule has 1 N–H and O–H groups in total. The van der Waals surface area contributed by atoms with Gasteiger partial charge in [-0.05, 0) is 19.3 Å². The average molecular weight is 475 g/mol. The van der Waals surface area contributed by atoms with Gasteiger partial charge in [-0.2, -0.15) is 26.3 Å². The summed E-state index contributed by atoms with van der Waals surface area (Å²) >= 11 is 0. The summed E-state index contributed by atoms with van der Waals surface area (Å²) in [4.78, 5) is 12.4. The Morgan fingerprint density at radius 3 is 1.72 bits per heavy atom. The topological polar surface area (TPSA) is 97.4 Å². The highest BCUT2D eigenvalue weighted by atomic mass is 32.3. The first-order valence-electron chi connectivity index (χ1n) is 8.72. The van der Waals surface area contributed by atoms with Crippen LogP contribution in [-0.4, -0.2) is 44.4 Å². The van der Waals surface area contributed by atoms with Crippen molar-refractivity contribution in [1.29, 1.82) is 0 Å². The van der Waals surface area contributed by atoms with Crippen LogP contribution in [0.2, 0.25) is 0 Å². The normalized spacial score (nSPS) is 22.6. The third kappa shape index (κ3) is 5.17. The highest BCUT2D eigenvalue weighted by Gasteiger charge is 2.66. The lowest BCUT2D eigenvalue weighted by molar-refractivity contribution is -0.130. The molecule has 0 bridgehead atoms. The minimum absolute atomic E-state index is 0.0193. The van der Waals surface area contributed by atoms with Gasteiger partial charge in [-0.1, -0.05) is 33.6 Å². The van der Waals surface area contributed by atoms with E-state index in [1.165, 1.54) is 13.8 Å². The molecule has 1 saturated carbocycles. The van der Waals surface area contributed by atoms with E-state index in [0.717, 1.165) is 0 Å². The maximum absolute atomic E-state index is 13.1. The SMILES string of the molecule is CCC(C)(C)C(=O)NC1CCCCC1C(S(=O)(=O)C(F)(F)F)S(=O)(=O)C(F)(F)F. The van der Waals surface area contributed by atoms with Crippen LogP contribution in [-0.2, 0) is 24.5 Å². The Bertz CT molecular complexity index is 773. The Morgan fingerprint density at radius 2 is 1.34 bits per heavy atom. The lowest BCUT2D eigenvalue weighted by Gasteiger charge is -2.38. The molecule has 14 heteroatoms. The molecule has 1 aliphatic rings. The summed E-state index contributed by atoms with van der Waals surface area (Å²) in [5.41, 5.74) is -13.5. The van der Waals surface area contributed by atoms with E-state index in [2.05, 4.69) is 5.32 Å². The van der Waals surface area contributed by atoms with Crippen LogP contribution in [0.1, 0.15) is 52.9 Å². The van der Waals surface area contributed by atoms with Gasteiger partial charge in [-0.15, -0.1) is 0 Å². The second kappa shape index (κ2) is 8.23. The Kier molecular flexibility index (Phi) is 7.38. The van der Waals surface area contributed by atoms with E-state index in [4.69, 9.17) is 0 Å². The van der Waals surface area contributed by atoms with Crippen LogP contribution in [0.5, 0.6) is 0 Å². The predicted molar refractivity (Wildman–Crippen MR) is 91.7 cm³/mol. The molecule has 0 saturated heterocycles. The fourth-order valence-electron chi connectivity index (χ4n) is 3.08. The number of halogens is 6. The largest absolute Gasteiger partial charge is 0.498 e. The molecule has 1 amide bonds. The fraction of sp³-hybridized carbons (Fsp3) is 0.933. The van der Waals surface area contributed by atoms with Crippen molar-refractivity contribution in [3.05, 3.63) is 0 Å². The molecule has 1 rings (SSSR count). The van der Waals surface area contributed by atoms with Gasteiger partial charge in [0.05, 0.1) is 0 Å². The van der Waals surface area contributed by atoms with E-state index in [9.17, 15) is 48.0 Å². The van der Waals surface area contributed by atoms with Crippen LogP contribution >= 0.6 is 0 Å². The molecular weight excluding hydrogens is 452 g/mol. The van der Waals surface area contributed by atoms with Gasteiger partial charge in [-0.25, -0.2) is 16.8 Å². The van der Waals surface area contributed by atoms with Gasteiger partial charge in [0.2, 0.25) is 5.91 Å². The van der Waals surface area contributed by atoms with Crippen molar-refractivity contribution >= 4 is 25.6 Å². The van der Waals surface area contributed by atoms with Gasteiger partial charge in [-0.3, -0.25) is 4.79 Å². The maximum Gasteiger partial charge on any atom is 0.498 e. The van der Waals surface area contributed by atoms with Crippen molar-refractivity contribution in [2.24, 2.45) is 11.3 Å². The second-order valence-electron chi connectivity index (χ2n) is 7.62. The summed E-state index contributed by atoms with van der Waals surface area (Å²) in [5.74, 6) is -2.82. The van der Waals surface area contributed by atoms with Gasteiger partial charge in [0, 0.05) is 17.4 Å². The molecule has 0 heterocycles. The molecule has 172 valence electrons. The molecule has 0 aromatic carbocycles. The summed E-state index contributed by atoms with van der Waals surface area (Å²) in [6.07, 6.45) is -0.105. The Labute approximate surface area is 165 Å². The molecule has 0 aromatic rings. The highest BCUT2D eigenvalue weighted by molar-refractivity contribution is 8.09. The molecule has 2 unspecified atom stereocenters. The molecule has 0 spiro atoms. The second-order valence-corrected chi connectivity index (χ2v) is 12.0. The zero-order valence-electron chi connectivity index (χ0n) is 15.9. The van der Waals surface area contributed by atoms with Crippen LogP contribution < -0.4 is 5.32 Å². The quantitative estimate of drug-likeness (QED) is 0.595. The van der Waals surface area contributed by atoms with Crippen molar-refractivity contribution in [3.63, 3.8) is 0 Å². The standard InChI is InChI=1S/C15H23F6NO5S2/c1-4-13(2,3)12(23)22-10-8-6-5-7-9(10)11(28(24,25)14(16,17)18)29(26,27)15(19,20)21/h9-11H,4-8H2,1-3H3,(H,22,23). The summed E-state index contributed by atoms with van der Waals surface area (Å²) in [6, 6.07) is -1.47. The first-order chi connectivity index (χ1) is 12.8. The molecule has 2 atom stereocenters. The van der Waals surface area contributed by atoms with E-state index in [-0.39, 0.29) is 25.7 Å². The van der Waals surface area contributed by atoms with Crippen LogP contribution in [0, 0.1) is 11.3 Å². The lowest BCUT2D eigenvalue weighted by atomic mass is 9.83.